The highest BCUT2D eigenvalue weighted by Crippen LogP contribution is 2.24. The third-order valence-corrected chi connectivity index (χ3v) is 6.92. The van der Waals surface area contributed by atoms with Crippen molar-refractivity contribution < 1.29 is 0 Å². The Kier molecular flexibility index (Phi) is 11.1. The number of guanidine groups is 1. The van der Waals surface area contributed by atoms with Gasteiger partial charge in [0, 0.05) is 69.9 Å². The van der Waals surface area contributed by atoms with Crippen molar-refractivity contribution in [1.82, 2.24) is 20.0 Å². The molecule has 5 nitrogen and oxygen atoms in total. The van der Waals surface area contributed by atoms with Crippen LogP contribution in [0.15, 0.2) is 4.99 Å². The maximum Gasteiger partial charge on any atom is 0.193 e. The van der Waals surface area contributed by atoms with Crippen LogP contribution < -0.4 is 5.32 Å². The van der Waals surface area contributed by atoms with E-state index < -0.39 is 0 Å². The van der Waals surface area contributed by atoms with Gasteiger partial charge in [0.15, 0.2) is 5.96 Å². The molecule has 2 aliphatic heterocycles. The van der Waals surface area contributed by atoms with E-state index >= 15 is 0 Å². The van der Waals surface area contributed by atoms with Crippen molar-refractivity contribution in [2.45, 2.75) is 39.0 Å². The minimum absolute atomic E-state index is 0. The van der Waals surface area contributed by atoms with E-state index in [9.17, 15) is 0 Å². The number of likely N-dealkylation sites (N-methyl/N-ethyl adjacent to an activating group) is 1. The maximum absolute atomic E-state index is 4.54. The quantitative estimate of drug-likeness (QED) is 0.369. The Morgan fingerprint density at radius 1 is 1.16 bits per heavy atom. The molecule has 148 valence electrons. The summed E-state index contributed by atoms with van der Waals surface area (Å²) in [5, 5.41) is 4.35. The number of rotatable bonds is 5. The second kappa shape index (κ2) is 11.9. The highest BCUT2D eigenvalue weighted by molar-refractivity contribution is 14.0. The predicted molar refractivity (Wildman–Crippen MR) is 123 cm³/mol. The first kappa shape index (κ1) is 23.3. The lowest BCUT2D eigenvalue weighted by molar-refractivity contribution is 0.107. The SMILES string of the molecule is CCN1CCN(C(C)CNC(=NC)N2CCSC(C(C)C)C2)CC1.I. The maximum atomic E-state index is 4.54. The number of nitrogens with zero attached hydrogens (tertiary/aromatic N) is 4. The summed E-state index contributed by atoms with van der Waals surface area (Å²) in [6, 6.07) is 0.556. The summed E-state index contributed by atoms with van der Waals surface area (Å²) < 4.78 is 0. The monoisotopic (exact) mass is 483 g/mol. The fraction of sp³-hybridized carbons (Fsp3) is 0.944. The zero-order valence-corrected chi connectivity index (χ0v) is 19.8. The largest absolute Gasteiger partial charge is 0.355 e. The summed E-state index contributed by atoms with van der Waals surface area (Å²) >= 11 is 2.12. The van der Waals surface area contributed by atoms with Crippen LogP contribution in [0.2, 0.25) is 0 Å². The van der Waals surface area contributed by atoms with E-state index in [1.54, 1.807) is 0 Å². The van der Waals surface area contributed by atoms with Gasteiger partial charge >= 0.3 is 0 Å². The van der Waals surface area contributed by atoms with Gasteiger partial charge in [0.2, 0.25) is 0 Å². The molecule has 7 heteroatoms. The van der Waals surface area contributed by atoms with Crippen molar-refractivity contribution in [2.75, 3.05) is 65.2 Å². The lowest BCUT2D eigenvalue weighted by atomic mass is 10.1. The second-order valence-electron chi connectivity index (χ2n) is 7.35. The standard InChI is InChI=1S/C18H37N5S.HI/c1-6-21-7-9-22(10-8-21)16(4)13-20-18(19-5)23-11-12-24-17(14-23)15(2)3;/h15-17H,6-14H2,1-5H3,(H,19,20);1H. The van der Waals surface area contributed by atoms with Gasteiger partial charge in [-0.25, -0.2) is 0 Å². The summed E-state index contributed by atoms with van der Waals surface area (Å²) in [4.78, 5) is 12.1. The number of nitrogens with one attached hydrogen (secondary N) is 1. The molecule has 2 atom stereocenters. The van der Waals surface area contributed by atoms with Crippen molar-refractivity contribution in [3.63, 3.8) is 0 Å². The fourth-order valence-electron chi connectivity index (χ4n) is 3.49. The molecule has 2 aliphatic rings. The summed E-state index contributed by atoms with van der Waals surface area (Å²) in [5.41, 5.74) is 0. The van der Waals surface area contributed by atoms with Gasteiger partial charge in [0.1, 0.15) is 0 Å². The third-order valence-electron chi connectivity index (χ3n) is 5.38. The molecule has 0 aromatic heterocycles. The van der Waals surface area contributed by atoms with Crippen molar-refractivity contribution in [3.8, 4) is 0 Å². The van der Waals surface area contributed by atoms with Crippen LogP contribution in [0, 0.1) is 5.92 Å². The molecular formula is C18H38IN5S. The summed E-state index contributed by atoms with van der Waals surface area (Å²) in [6.45, 7) is 18.4. The molecule has 0 bridgehead atoms. The Bertz CT molecular complexity index is 399. The normalized spacial score (nSPS) is 25.0. The third kappa shape index (κ3) is 7.07. The van der Waals surface area contributed by atoms with Gasteiger partial charge in [-0.15, -0.1) is 24.0 Å². The van der Waals surface area contributed by atoms with Gasteiger partial charge in [0.05, 0.1) is 0 Å². The predicted octanol–water partition coefficient (Wildman–Crippen LogP) is 2.28. The van der Waals surface area contributed by atoms with Gasteiger partial charge in [-0.05, 0) is 19.4 Å². The molecule has 25 heavy (non-hydrogen) atoms. The van der Waals surface area contributed by atoms with Crippen LogP contribution >= 0.6 is 35.7 Å². The molecule has 2 saturated heterocycles. The van der Waals surface area contributed by atoms with E-state index in [2.05, 4.69) is 64.5 Å². The Labute approximate surface area is 176 Å². The van der Waals surface area contributed by atoms with E-state index in [4.69, 9.17) is 0 Å². The first-order chi connectivity index (χ1) is 11.5. The van der Waals surface area contributed by atoms with Crippen LogP contribution in [-0.2, 0) is 0 Å². The number of hydrogen-bond donors (Lipinski definition) is 1. The minimum atomic E-state index is 0. The van der Waals surface area contributed by atoms with Crippen molar-refractivity contribution >= 4 is 41.7 Å². The van der Waals surface area contributed by atoms with Gasteiger partial charge in [-0.3, -0.25) is 9.89 Å². The average molecular weight is 484 g/mol. The van der Waals surface area contributed by atoms with Gasteiger partial charge in [-0.1, -0.05) is 20.8 Å². The van der Waals surface area contributed by atoms with Crippen LogP contribution in [0.3, 0.4) is 0 Å². The number of halogens is 1. The lowest BCUT2D eigenvalue weighted by Gasteiger charge is -2.39. The van der Waals surface area contributed by atoms with Gasteiger partial charge < -0.3 is 15.1 Å². The van der Waals surface area contributed by atoms with E-state index in [-0.39, 0.29) is 24.0 Å². The molecule has 2 heterocycles. The van der Waals surface area contributed by atoms with Crippen LogP contribution in [0.1, 0.15) is 27.7 Å². The lowest BCUT2D eigenvalue weighted by Crippen LogP contribution is -2.54. The molecular weight excluding hydrogens is 445 g/mol. The molecule has 0 spiro atoms. The number of aliphatic imine (C=N–C) groups is 1. The Morgan fingerprint density at radius 2 is 1.84 bits per heavy atom. The highest BCUT2D eigenvalue weighted by Gasteiger charge is 2.26. The molecule has 0 aromatic carbocycles. The van der Waals surface area contributed by atoms with E-state index in [1.807, 2.05) is 7.05 Å². The second-order valence-corrected chi connectivity index (χ2v) is 8.69. The summed E-state index contributed by atoms with van der Waals surface area (Å²) in [7, 11) is 1.92. The van der Waals surface area contributed by atoms with Crippen LogP contribution in [0.25, 0.3) is 0 Å². The molecule has 0 aliphatic carbocycles. The summed E-state index contributed by atoms with van der Waals surface area (Å²) in [5.74, 6) is 3.02. The number of thioether (sulfide) groups is 1. The Balaban J connectivity index is 0.00000312. The first-order valence-electron chi connectivity index (χ1n) is 9.58. The number of hydrogen-bond acceptors (Lipinski definition) is 4. The zero-order valence-electron chi connectivity index (χ0n) is 16.7. The topological polar surface area (TPSA) is 34.1 Å². The molecule has 1 N–H and O–H groups in total. The fourth-order valence-corrected chi connectivity index (χ4v) is 4.79. The zero-order chi connectivity index (χ0) is 17.5. The molecule has 2 rings (SSSR count). The average Bonchev–Trinajstić information content (AvgIpc) is 2.62. The van der Waals surface area contributed by atoms with Crippen molar-refractivity contribution in [2.24, 2.45) is 10.9 Å². The Hall–Kier alpha value is 0.270. The Morgan fingerprint density at radius 3 is 2.40 bits per heavy atom. The molecule has 2 fully saturated rings. The minimum Gasteiger partial charge on any atom is -0.355 e. The smallest absolute Gasteiger partial charge is 0.193 e. The van der Waals surface area contributed by atoms with Gasteiger partial charge in [-0.2, -0.15) is 11.8 Å². The van der Waals surface area contributed by atoms with Crippen LogP contribution in [0.5, 0.6) is 0 Å². The molecule has 0 aromatic rings. The van der Waals surface area contributed by atoms with E-state index in [0.29, 0.717) is 6.04 Å². The molecule has 2 unspecified atom stereocenters. The molecule has 0 radical (unpaired) electrons. The van der Waals surface area contributed by atoms with Crippen LogP contribution in [-0.4, -0.2) is 97.1 Å². The van der Waals surface area contributed by atoms with Crippen molar-refractivity contribution in [3.05, 3.63) is 0 Å². The first-order valence-corrected chi connectivity index (χ1v) is 10.6. The van der Waals surface area contributed by atoms with Crippen LogP contribution in [0.4, 0.5) is 0 Å². The van der Waals surface area contributed by atoms with E-state index in [1.165, 1.54) is 38.5 Å². The molecule has 0 saturated carbocycles. The molecule has 0 amide bonds. The highest BCUT2D eigenvalue weighted by atomic mass is 127. The van der Waals surface area contributed by atoms with E-state index in [0.717, 1.165) is 36.8 Å². The number of piperazine rings is 1. The van der Waals surface area contributed by atoms with Gasteiger partial charge in [0.25, 0.3) is 0 Å². The summed E-state index contributed by atoms with van der Waals surface area (Å²) in [6.07, 6.45) is 0. The van der Waals surface area contributed by atoms with Crippen molar-refractivity contribution in [1.29, 1.82) is 0 Å².